The van der Waals surface area contributed by atoms with E-state index >= 15 is 0 Å². The molecule has 19 heavy (non-hydrogen) atoms. The van der Waals surface area contributed by atoms with Crippen molar-refractivity contribution in [1.82, 2.24) is 4.90 Å². The molecule has 0 saturated carbocycles. The van der Waals surface area contributed by atoms with Crippen molar-refractivity contribution in [2.24, 2.45) is 0 Å². The zero-order valence-electron chi connectivity index (χ0n) is 12.1. The fraction of sp³-hybridized carbons (Fsp3) is 0.600. The molecule has 0 bridgehead atoms. The van der Waals surface area contributed by atoms with Crippen molar-refractivity contribution < 1.29 is 5.11 Å². The van der Waals surface area contributed by atoms with Gasteiger partial charge in [-0.25, -0.2) is 0 Å². The third-order valence-corrected chi connectivity index (χ3v) is 4.89. The van der Waals surface area contributed by atoms with Crippen molar-refractivity contribution in [3.8, 4) is 0 Å². The van der Waals surface area contributed by atoms with Crippen molar-refractivity contribution in [2.45, 2.75) is 44.8 Å². The van der Waals surface area contributed by atoms with Crippen LogP contribution in [0, 0.1) is 0 Å². The summed E-state index contributed by atoms with van der Waals surface area (Å²) >= 11 is 11.9. The van der Waals surface area contributed by atoms with Crippen LogP contribution in [-0.4, -0.2) is 35.7 Å². The molecule has 108 valence electrons. The largest absolute Gasteiger partial charge is 0.391 e. The SMILES string of the molecule is CCC(CC)(C(O)Cc1ccc(Cl)c(Cl)c1)N(C)C. The fourth-order valence-corrected chi connectivity index (χ4v) is 3.05. The van der Waals surface area contributed by atoms with Crippen LogP contribution in [0.4, 0.5) is 0 Å². The summed E-state index contributed by atoms with van der Waals surface area (Å²) in [5.74, 6) is 0. The maximum Gasteiger partial charge on any atom is 0.0763 e. The van der Waals surface area contributed by atoms with E-state index in [4.69, 9.17) is 23.2 Å². The van der Waals surface area contributed by atoms with Crippen LogP contribution >= 0.6 is 23.2 Å². The summed E-state index contributed by atoms with van der Waals surface area (Å²) in [7, 11) is 4.04. The molecule has 1 rings (SSSR count). The molecule has 0 aliphatic heterocycles. The first kappa shape index (κ1) is 16.8. The zero-order valence-corrected chi connectivity index (χ0v) is 13.6. The standard InChI is InChI=1S/C15H23Cl2NO/c1-5-15(6-2,18(3)4)14(19)10-11-7-8-12(16)13(17)9-11/h7-9,14,19H,5-6,10H2,1-4H3. The highest BCUT2D eigenvalue weighted by atomic mass is 35.5. The van der Waals surface area contributed by atoms with Crippen LogP contribution in [0.2, 0.25) is 10.0 Å². The summed E-state index contributed by atoms with van der Waals surface area (Å²) in [5.41, 5.74) is 0.807. The number of aliphatic hydroxyl groups excluding tert-OH is 1. The molecule has 1 aromatic rings. The van der Waals surface area contributed by atoms with E-state index in [0.717, 1.165) is 18.4 Å². The van der Waals surface area contributed by atoms with Crippen LogP contribution in [0.1, 0.15) is 32.3 Å². The molecule has 0 spiro atoms. The molecule has 0 saturated heterocycles. The first-order valence-corrected chi connectivity index (χ1v) is 7.42. The van der Waals surface area contributed by atoms with E-state index in [1.54, 1.807) is 6.07 Å². The number of nitrogens with zero attached hydrogens (tertiary/aromatic N) is 1. The second kappa shape index (κ2) is 6.94. The van der Waals surface area contributed by atoms with Gasteiger partial charge in [-0.15, -0.1) is 0 Å². The lowest BCUT2D eigenvalue weighted by Crippen LogP contribution is -2.53. The van der Waals surface area contributed by atoms with Gasteiger partial charge in [-0.05, 0) is 44.6 Å². The molecule has 0 aliphatic carbocycles. The third kappa shape index (κ3) is 3.63. The van der Waals surface area contributed by atoms with Gasteiger partial charge in [0, 0.05) is 12.0 Å². The third-order valence-electron chi connectivity index (χ3n) is 4.15. The highest BCUT2D eigenvalue weighted by molar-refractivity contribution is 6.42. The average molecular weight is 304 g/mol. The molecule has 0 radical (unpaired) electrons. The lowest BCUT2D eigenvalue weighted by molar-refractivity contribution is -0.0125. The Morgan fingerprint density at radius 3 is 2.16 bits per heavy atom. The van der Waals surface area contributed by atoms with Crippen molar-refractivity contribution in [3.05, 3.63) is 33.8 Å². The second-order valence-electron chi connectivity index (χ2n) is 5.17. The van der Waals surface area contributed by atoms with Crippen LogP contribution in [-0.2, 0) is 6.42 Å². The summed E-state index contributed by atoms with van der Waals surface area (Å²) in [6.45, 7) is 4.23. The lowest BCUT2D eigenvalue weighted by atomic mass is 9.82. The lowest BCUT2D eigenvalue weighted by Gasteiger charge is -2.42. The molecule has 4 heteroatoms. The molecule has 2 nitrogen and oxygen atoms in total. The van der Waals surface area contributed by atoms with Gasteiger partial charge >= 0.3 is 0 Å². The van der Waals surface area contributed by atoms with Gasteiger partial charge in [-0.3, -0.25) is 0 Å². The molecule has 1 N–H and O–H groups in total. The quantitative estimate of drug-likeness (QED) is 0.858. The molecular weight excluding hydrogens is 281 g/mol. The normalized spacial score (nSPS) is 13.9. The van der Waals surface area contributed by atoms with Crippen LogP contribution in [0.3, 0.4) is 0 Å². The first-order chi connectivity index (χ1) is 8.87. The van der Waals surface area contributed by atoms with Gasteiger partial charge in [-0.1, -0.05) is 43.1 Å². The molecular formula is C15H23Cl2NO. The molecule has 0 aliphatic rings. The predicted octanol–water partition coefficient (Wildman–Crippen LogP) is 4.02. The van der Waals surface area contributed by atoms with E-state index in [2.05, 4.69) is 18.7 Å². The Kier molecular flexibility index (Phi) is 6.13. The number of benzene rings is 1. The minimum Gasteiger partial charge on any atom is -0.391 e. The number of aliphatic hydroxyl groups is 1. The van der Waals surface area contributed by atoms with Crippen LogP contribution in [0.5, 0.6) is 0 Å². The van der Waals surface area contributed by atoms with Gasteiger partial charge in [0.15, 0.2) is 0 Å². The van der Waals surface area contributed by atoms with Gasteiger partial charge in [0.05, 0.1) is 16.1 Å². The predicted molar refractivity (Wildman–Crippen MR) is 83.2 cm³/mol. The Bertz CT molecular complexity index is 417. The number of hydrogen-bond acceptors (Lipinski definition) is 2. The van der Waals surface area contributed by atoms with Crippen molar-refractivity contribution in [1.29, 1.82) is 0 Å². The smallest absolute Gasteiger partial charge is 0.0763 e. The van der Waals surface area contributed by atoms with Crippen molar-refractivity contribution >= 4 is 23.2 Å². The second-order valence-corrected chi connectivity index (χ2v) is 5.99. The number of hydrogen-bond donors (Lipinski definition) is 1. The Labute approximate surface area is 126 Å². The maximum absolute atomic E-state index is 10.6. The zero-order chi connectivity index (χ0) is 14.6. The van der Waals surface area contributed by atoms with E-state index in [1.807, 2.05) is 26.2 Å². The molecule has 1 unspecified atom stereocenters. The fourth-order valence-electron chi connectivity index (χ4n) is 2.73. The summed E-state index contributed by atoms with van der Waals surface area (Å²) in [5, 5.41) is 11.7. The molecule has 0 fully saturated rings. The van der Waals surface area contributed by atoms with E-state index in [0.29, 0.717) is 16.5 Å². The van der Waals surface area contributed by atoms with Gasteiger partial charge in [0.1, 0.15) is 0 Å². The Hall–Kier alpha value is -0.280. The van der Waals surface area contributed by atoms with E-state index < -0.39 is 6.10 Å². The van der Waals surface area contributed by atoms with Crippen molar-refractivity contribution in [3.63, 3.8) is 0 Å². The molecule has 0 amide bonds. The van der Waals surface area contributed by atoms with E-state index in [9.17, 15) is 5.11 Å². The Balaban J connectivity index is 2.93. The molecule has 1 aromatic carbocycles. The highest BCUT2D eigenvalue weighted by Crippen LogP contribution is 2.29. The van der Waals surface area contributed by atoms with Crippen LogP contribution in [0.15, 0.2) is 18.2 Å². The van der Waals surface area contributed by atoms with Crippen LogP contribution < -0.4 is 0 Å². The summed E-state index contributed by atoms with van der Waals surface area (Å²) in [6.07, 6.45) is 1.95. The number of rotatable bonds is 6. The van der Waals surface area contributed by atoms with Crippen LogP contribution in [0.25, 0.3) is 0 Å². The summed E-state index contributed by atoms with van der Waals surface area (Å²) in [6, 6.07) is 5.53. The maximum atomic E-state index is 10.6. The van der Waals surface area contributed by atoms with Gasteiger partial charge < -0.3 is 10.0 Å². The van der Waals surface area contributed by atoms with E-state index in [1.165, 1.54) is 0 Å². The Morgan fingerprint density at radius 2 is 1.74 bits per heavy atom. The molecule has 0 aromatic heterocycles. The summed E-state index contributed by atoms with van der Waals surface area (Å²) in [4.78, 5) is 2.12. The van der Waals surface area contributed by atoms with Gasteiger partial charge in [0.2, 0.25) is 0 Å². The minimum absolute atomic E-state index is 0.202. The van der Waals surface area contributed by atoms with Gasteiger partial charge in [0.25, 0.3) is 0 Å². The van der Waals surface area contributed by atoms with E-state index in [-0.39, 0.29) is 5.54 Å². The number of halogens is 2. The average Bonchev–Trinajstić information content (AvgIpc) is 2.35. The van der Waals surface area contributed by atoms with Gasteiger partial charge in [-0.2, -0.15) is 0 Å². The molecule has 1 atom stereocenters. The highest BCUT2D eigenvalue weighted by Gasteiger charge is 2.36. The molecule has 0 heterocycles. The monoisotopic (exact) mass is 303 g/mol. The Morgan fingerprint density at radius 1 is 1.16 bits per heavy atom. The summed E-state index contributed by atoms with van der Waals surface area (Å²) < 4.78 is 0. The number of likely N-dealkylation sites (N-methyl/N-ethyl adjacent to an activating group) is 1. The first-order valence-electron chi connectivity index (χ1n) is 6.66. The minimum atomic E-state index is -0.435. The van der Waals surface area contributed by atoms with Crippen molar-refractivity contribution in [2.75, 3.05) is 14.1 Å². The topological polar surface area (TPSA) is 23.5 Å².